The zero-order valence-electron chi connectivity index (χ0n) is 14.8. The van der Waals surface area contributed by atoms with Gasteiger partial charge in [0.15, 0.2) is 11.6 Å². The molecule has 140 valence electrons. The van der Waals surface area contributed by atoms with Gasteiger partial charge < -0.3 is 15.2 Å². The lowest BCUT2D eigenvalue weighted by Crippen LogP contribution is -2.48. The second kappa shape index (κ2) is 7.39. The number of nitrogens with one attached hydrogen (secondary N) is 2. The van der Waals surface area contributed by atoms with Crippen LogP contribution in [-0.4, -0.2) is 34.0 Å². The fourth-order valence-electron chi connectivity index (χ4n) is 3.33. The quantitative estimate of drug-likeness (QED) is 0.874. The number of imidazole rings is 1. The average molecular weight is 364 g/mol. The minimum Gasteiger partial charge on any atom is -0.354 e. The fourth-order valence-corrected chi connectivity index (χ4v) is 3.33. The van der Waals surface area contributed by atoms with Gasteiger partial charge in [0.25, 0.3) is 0 Å². The Morgan fingerprint density at radius 3 is 2.77 bits per heavy atom. The highest BCUT2D eigenvalue weighted by Crippen LogP contribution is 2.26. The van der Waals surface area contributed by atoms with Crippen LogP contribution in [0.4, 0.5) is 8.78 Å². The molecule has 1 aromatic heterocycles. The Bertz CT molecular complexity index is 834. The van der Waals surface area contributed by atoms with E-state index in [1.807, 2.05) is 13.8 Å². The van der Waals surface area contributed by atoms with Crippen LogP contribution in [0.15, 0.2) is 18.5 Å². The van der Waals surface area contributed by atoms with E-state index in [2.05, 4.69) is 15.6 Å². The first-order valence-corrected chi connectivity index (χ1v) is 8.78. The Morgan fingerprint density at radius 2 is 2.04 bits per heavy atom. The van der Waals surface area contributed by atoms with Gasteiger partial charge in [0.2, 0.25) is 11.8 Å². The van der Waals surface area contributed by atoms with E-state index < -0.39 is 23.7 Å². The molecule has 2 amide bonds. The number of hydrogen-bond donors (Lipinski definition) is 2. The number of carbonyl (C=O) groups is 2. The summed E-state index contributed by atoms with van der Waals surface area (Å²) < 4.78 is 28.6. The molecular formula is C18H22F2N4O2. The van der Waals surface area contributed by atoms with Crippen molar-refractivity contribution in [2.75, 3.05) is 6.54 Å². The van der Waals surface area contributed by atoms with Gasteiger partial charge in [-0.1, -0.05) is 13.8 Å². The SMILES string of the molecule is CC(C)[C@H](C(=O)N[C@H]1CCCCNC1=O)n1cnc2cc(F)c(F)cc21. The highest BCUT2D eigenvalue weighted by Gasteiger charge is 2.30. The molecule has 1 aliphatic rings. The van der Waals surface area contributed by atoms with Crippen molar-refractivity contribution in [1.82, 2.24) is 20.2 Å². The van der Waals surface area contributed by atoms with E-state index in [1.165, 1.54) is 10.9 Å². The zero-order chi connectivity index (χ0) is 18.8. The number of fused-ring (bicyclic) bond motifs is 1. The van der Waals surface area contributed by atoms with Crippen molar-refractivity contribution in [2.24, 2.45) is 5.92 Å². The molecule has 6 nitrogen and oxygen atoms in total. The van der Waals surface area contributed by atoms with Crippen LogP contribution < -0.4 is 10.6 Å². The topological polar surface area (TPSA) is 76.0 Å². The third kappa shape index (κ3) is 3.54. The minimum absolute atomic E-state index is 0.144. The highest BCUT2D eigenvalue weighted by molar-refractivity contribution is 5.90. The molecule has 2 atom stereocenters. The Morgan fingerprint density at radius 1 is 1.31 bits per heavy atom. The van der Waals surface area contributed by atoms with Gasteiger partial charge in [-0.15, -0.1) is 0 Å². The van der Waals surface area contributed by atoms with Crippen LogP contribution in [0.2, 0.25) is 0 Å². The van der Waals surface area contributed by atoms with Crippen molar-refractivity contribution in [3.63, 3.8) is 0 Å². The third-order valence-corrected chi connectivity index (χ3v) is 4.67. The minimum atomic E-state index is -0.995. The fraction of sp³-hybridized carbons (Fsp3) is 0.500. The van der Waals surface area contributed by atoms with E-state index >= 15 is 0 Å². The number of amides is 2. The Balaban J connectivity index is 1.90. The summed E-state index contributed by atoms with van der Waals surface area (Å²) >= 11 is 0. The van der Waals surface area contributed by atoms with Crippen LogP contribution in [-0.2, 0) is 9.59 Å². The van der Waals surface area contributed by atoms with Crippen molar-refractivity contribution in [1.29, 1.82) is 0 Å². The number of benzene rings is 1. The summed E-state index contributed by atoms with van der Waals surface area (Å²) in [5.41, 5.74) is 0.609. The number of hydrogen-bond acceptors (Lipinski definition) is 3. The van der Waals surface area contributed by atoms with Gasteiger partial charge in [-0.2, -0.15) is 0 Å². The highest BCUT2D eigenvalue weighted by atomic mass is 19.2. The van der Waals surface area contributed by atoms with Gasteiger partial charge in [0.05, 0.1) is 17.4 Å². The molecular weight excluding hydrogens is 342 g/mol. The molecule has 0 saturated carbocycles. The van der Waals surface area contributed by atoms with Gasteiger partial charge in [-0.25, -0.2) is 13.8 Å². The lowest BCUT2D eigenvalue weighted by Gasteiger charge is -2.25. The molecule has 1 fully saturated rings. The summed E-state index contributed by atoms with van der Waals surface area (Å²) in [6, 6.07) is 0.768. The molecule has 3 rings (SSSR count). The first-order chi connectivity index (χ1) is 12.4. The summed E-state index contributed by atoms with van der Waals surface area (Å²) in [6.07, 6.45) is 3.70. The average Bonchev–Trinajstić information content (AvgIpc) is 2.84. The van der Waals surface area contributed by atoms with E-state index in [0.717, 1.165) is 25.0 Å². The monoisotopic (exact) mass is 364 g/mol. The van der Waals surface area contributed by atoms with Crippen LogP contribution in [0.25, 0.3) is 11.0 Å². The van der Waals surface area contributed by atoms with Crippen molar-refractivity contribution in [2.45, 2.75) is 45.2 Å². The molecule has 0 bridgehead atoms. The van der Waals surface area contributed by atoms with Crippen LogP contribution >= 0.6 is 0 Å². The van der Waals surface area contributed by atoms with E-state index in [9.17, 15) is 18.4 Å². The summed E-state index contributed by atoms with van der Waals surface area (Å²) in [7, 11) is 0. The van der Waals surface area contributed by atoms with Crippen molar-refractivity contribution >= 4 is 22.8 Å². The first kappa shape index (κ1) is 18.3. The second-order valence-corrected chi connectivity index (χ2v) is 6.94. The third-order valence-electron chi connectivity index (χ3n) is 4.67. The molecule has 8 heteroatoms. The maximum absolute atomic E-state index is 13.7. The second-order valence-electron chi connectivity index (χ2n) is 6.94. The Kier molecular flexibility index (Phi) is 5.20. The van der Waals surface area contributed by atoms with Crippen LogP contribution in [0.1, 0.15) is 39.2 Å². The molecule has 1 aromatic carbocycles. The largest absolute Gasteiger partial charge is 0.354 e. The summed E-state index contributed by atoms with van der Waals surface area (Å²) in [4.78, 5) is 29.1. The van der Waals surface area contributed by atoms with E-state index in [4.69, 9.17) is 0 Å². The summed E-state index contributed by atoms with van der Waals surface area (Å²) in [5, 5.41) is 5.58. The van der Waals surface area contributed by atoms with Gasteiger partial charge in [0, 0.05) is 18.7 Å². The smallest absolute Gasteiger partial charge is 0.244 e. The van der Waals surface area contributed by atoms with Gasteiger partial charge >= 0.3 is 0 Å². The Labute approximate surface area is 150 Å². The lowest BCUT2D eigenvalue weighted by atomic mass is 10.0. The molecule has 0 aliphatic carbocycles. The zero-order valence-corrected chi connectivity index (χ0v) is 14.8. The van der Waals surface area contributed by atoms with Crippen LogP contribution in [0, 0.1) is 17.6 Å². The van der Waals surface area contributed by atoms with Gasteiger partial charge in [0.1, 0.15) is 12.1 Å². The molecule has 2 N–H and O–H groups in total. The van der Waals surface area contributed by atoms with Crippen LogP contribution in [0.3, 0.4) is 0 Å². The number of halogens is 2. The molecule has 2 heterocycles. The molecule has 0 unspecified atom stereocenters. The maximum atomic E-state index is 13.7. The lowest BCUT2D eigenvalue weighted by molar-refractivity contribution is -0.131. The predicted molar refractivity (Wildman–Crippen MR) is 92.3 cm³/mol. The molecule has 2 aromatic rings. The van der Waals surface area contributed by atoms with Crippen LogP contribution in [0.5, 0.6) is 0 Å². The molecule has 1 aliphatic heterocycles. The molecule has 0 radical (unpaired) electrons. The number of carbonyl (C=O) groups excluding carboxylic acids is 2. The number of aromatic nitrogens is 2. The molecule has 26 heavy (non-hydrogen) atoms. The molecule has 0 spiro atoms. The van der Waals surface area contributed by atoms with Crippen molar-refractivity contribution in [3.8, 4) is 0 Å². The summed E-state index contributed by atoms with van der Waals surface area (Å²) in [6.45, 7) is 4.31. The normalized spacial score (nSPS) is 19.3. The van der Waals surface area contributed by atoms with Gasteiger partial charge in [-0.3, -0.25) is 9.59 Å². The first-order valence-electron chi connectivity index (χ1n) is 8.78. The summed E-state index contributed by atoms with van der Waals surface area (Å²) in [5.74, 6) is -2.66. The van der Waals surface area contributed by atoms with E-state index in [-0.39, 0.29) is 23.2 Å². The van der Waals surface area contributed by atoms with E-state index in [0.29, 0.717) is 18.5 Å². The standard InChI is InChI=1S/C18H22F2N4O2/c1-10(2)16(18(26)23-13-5-3-4-6-21-17(13)25)24-9-22-14-7-11(19)12(20)8-15(14)24/h7-10,13,16H,3-6H2,1-2H3,(H,21,25)(H,23,26)/t13-,16+/m0/s1. The van der Waals surface area contributed by atoms with E-state index in [1.54, 1.807) is 0 Å². The van der Waals surface area contributed by atoms with Crippen molar-refractivity contribution < 1.29 is 18.4 Å². The van der Waals surface area contributed by atoms with Crippen molar-refractivity contribution in [3.05, 3.63) is 30.1 Å². The Hall–Kier alpha value is -2.51. The molecule has 1 saturated heterocycles. The number of rotatable bonds is 4. The van der Waals surface area contributed by atoms with Gasteiger partial charge in [-0.05, 0) is 25.2 Å². The maximum Gasteiger partial charge on any atom is 0.244 e. The number of nitrogens with zero attached hydrogens (tertiary/aromatic N) is 2. The predicted octanol–water partition coefficient (Wildman–Crippen LogP) is 2.30.